The number of aromatic amines is 1. The highest BCUT2D eigenvalue weighted by Gasteiger charge is 2.22. The third-order valence-electron chi connectivity index (χ3n) is 5.38. The van der Waals surface area contributed by atoms with Crippen molar-refractivity contribution < 1.29 is 4.39 Å². The maximum Gasteiger partial charge on any atom is 0.251 e. The molecule has 2 aromatic heterocycles. The zero-order valence-corrected chi connectivity index (χ0v) is 17.2. The largest absolute Gasteiger partial charge is 0.367 e. The molecule has 31 heavy (non-hydrogen) atoms. The van der Waals surface area contributed by atoms with Crippen molar-refractivity contribution in [1.29, 1.82) is 5.26 Å². The first-order chi connectivity index (χ1) is 15.1. The van der Waals surface area contributed by atoms with Crippen molar-refractivity contribution in [3.05, 3.63) is 70.0 Å². The average molecular weight is 418 g/mol. The Morgan fingerprint density at radius 3 is 2.90 bits per heavy atom. The zero-order valence-electron chi connectivity index (χ0n) is 17.2. The lowest BCUT2D eigenvalue weighted by Crippen LogP contribution is -2.42. The van der Waals surface area contributed by atoms with Gasteiger partial charge in [-0.05, 0) is 49.6 Å². The van der Waals surface area contributed by atoms with E-state index in [4.69, 9.17) is 5.26 Å². The van der Waals surface area contributed by atoms with E-state index in [1.54, 1.807) is 18.3 Å². The number of H-pyrrole nitrogens is 1. The summed E-state index contributed by atoms with van der Waals surface area (Å²) in [5.74, 6) is 0.839. The number of aryl methyl sites for hydroxylation is 1. The van der Waals surface area contributed by atoms with Gasteiger partial charge in [-0.25, -0.2) is 14.4 Å². The third-order valence-corrected chi connectivity index (χ3v) is 5.38. The summed E-state index contributed by atoms with van der Waals surface area (Å²) in [5, 5.41) is 12.3. The lowest BCUT2D eigenvalue weighted by molar-refractivity contribution is 0.518. The van der Waals surface area contributed by atoms with E-state index < -0.39 is 0 Å². The predicted molar refractivity (Wildman–Crippen MR) is 117 cm³/mol. The molecule has 0 aliphatic carbocycles. The summed E-state index contributed by atoms with van der Waals surface area (Å²) in [6, 6.07) is 11.9. The molecule has 0 bridgehead atoms. The molecular weight excluding hydrogens is 395 g/mol. The van der Waals surface area contributed by atoms with E-state index in [1.165, 1.54) is 12.1 Å². The second kappa shape index (κ2) is 8.96. The smallest absolute Gasteiger partial charge is 0.251 e. The maximum atomic E-state index is 14.4. The highest BCUT2D eigenvalue weighted by molar-refractivity contribution is 5.56. The Labute approximate surface area is 179 Å². The molecule has 0 radical (unpaired) electrons. The van der Waals surface area contributed by atoms with Crippen LogP contribution in [0.5, 0.6) is 0 Å². The van der Waals surface area contributed by atoms with Gasteiger partial charge in [0.1, 0.15) is 17.5 Å². The van der Waals surface area contributed by atoms with Gasteiger partial charge < -0.3 is 15.2 Å². The van der Waals surface area contributed by atoms with Crippen molar-refractivity contribution in [2.24, 2.45) is 0 Å². The minimum absolute atomic E-state index is 0.114. The summed E-state index contributed by atoms with van der Waals surface area (Å²) in [5.41, 5.74) is 2.12. The van der Waals surface area contributed by atoms with Crippen LogP contribution in [0.3, 0.4) is 0 Å². The Morgan fingerprint density at radius 2 is 2.19 bits per heavy atom. The van der Waals surface area contributed by atoms with Crippen LogP contribution in [-0.2, 0) is 6.42 Å². The molecule has 0 saturated carbocycles. The maximum absolute atomic E-state index is 14.4. The Morgan fingerprint density at radius 1 is 1.32 bits per heavy atom. The summed E-state index contributed by atoms with van der Waals surface area (Å²) in [6.07, 6.45) is 4.23. The van der Waals surface area contributed by atoms with E-state index in [1.807, 2.05) is 30.0 Å². The number of nitriles is 1. The van der Waals surface area contributed by atoms with E-state index in [-0.39, 0.29) is 17.4 Å². The zero-order chi connectivity index (χ0) is 21.8. The van der Waals surface area contributed by atoms with E-state index in [2.05, 4.69) is 20.3 Å². The Kier molecular flexibility index (Phi) is 5.94. The summed E-state index contributed by atoms with van der Waals surface area (Å²) < 4.78 is 14.4. The number of anilines is 2. The predicted octanol–water partition coefficient (Wildman–Crippen LogP) is 3.49. The van der Waals surface area contributed by atoms with Crippen LogP contribution in [0.1, 0.15) is 31.0 Å². The Balaban J connectivity index is 1.45. The molecule has 8 heteroatoms. The van der Waals surface area contributed by atoms with Crippen molar-refractivity contribution in [1.82, 2.24) is 15.0 Å². The molecule has 3 aromatic rings. The number of pyridine rings is 1. The number of benzene rings is 1. The summed E-state index contributed by atoms with van der Waals surface area (Å²) in [6.45, 7) is 3.36. The van der Waals surface area contributed by atoms with Gasteiger partial charge in [0.05, 0.1) is 17.3 Å². The molecule has 2 N–H and O–H groups in total. The first-order valence-corrected chi connectivity index (χ1v) is 10.3. The molecule has 158 valence electrons. The average Bonchev–Trinajstić information content (AvgIpc) is 2.79. The van der Waals surface area contributed by atoms with Crippen LogP contribution in [0, 0.1) is 17.1 Å². The second-order valence-corrected chi connectivity index (χ2v) is 7.58. The van der Waals surface area contributed by atoms with Crippen molar-refractivity contribution >= 4 is 11.5 Å². The van der Waals surface area contributed by atoms with Crippen molar-refractivity contribution in [3.63, 3.8) is 0 Å². The van der Waals surface area contributed by atoms with Crippen LogP contribution < -0.4 is 15.8 Å². The number of hydrogen-bond acceptors (Lipinski definition) is 6. The number of hydrogen-bond donors (Lipinski definition) is 2. The molecule has 1 aliphatic rings. The number of aromatic nitrogens is 3. The van der Waals surface area contributed by atoms with Crippen LogP contribution in [-0.4, -0.2) is 34.1 Å². The van der Waals surface area contributed by atoms with Gasteiger partial charge in [-0.1, -0.05) is 6.92 Å². The van der Waals surface area contributed by atoms with E-state index in [9.17, 15) is 9.18 Å². The fourth-order valence-electron chi connectivity index (χ4n) is 3.80. The van der Waals surface area contributed by atoms with Crippen molar-refractivity contribution in [3.8, 4) is 17.5 Å². The van der Waals surface area contributed by atoms with Crippen LogP contribution >= 0.6 is 0 Å². The fourth-order valence-corrected chi connectivity index (χ4v) is 3.80. The SMILES string of the molecule is CCc1cc(=O)[nH]c(-c2ccc(NC3CCCN(c4ccc(C#N)cc4F)C3)nc2)n1. The van der Waals surface area contributed by atoms with Crippen molar-refractivity contribution in [2.75, 3.05) is 23.3 Å². The molecule has 4 rings (SSSR count). The van der Waals surface area contributed by atoms with Gasteiger partial charge in [-0.2, -0.15) is 5.26 Å². The molecule has 7 nitrogen and oxygen atoms in total. The summed E-state index contributed by atoms with van der Waals surface area (Å²) >= 11 is 0. The molecular formula is C23H23FN6O. The lowest BCUT2D eigenvalue weighted by atomic mass is 10.0. The molecule has 1 aromatic carbocycles. The van der Waals surface area contributed by atoms with Crippen LogP contribution in [0.2, 0.25) is 0 Å². The van der Waals surface area contributed by atoms with Crippen LogP contribution in [0.15, 0.2) is 47.4 Å². The topological polar surface area (TPSA) is 97.7 Å². The number of rotatable bonds is 5. The molecule has 3 heterocycles. The lowest BCUT2D eigenvalue weighted by Gasteiger charge is -2.35. The highest BCUT2D eigenvalue weighted by Crippen LogP contribution is 2.25. The van der Waals surface area contributed by atoms with Gasteiger partial charge in [0.2, 0.25) is 0 Å². The van der Waals surface area contributed by atoms with Crippen molar-refractivity contribution in [2.45, 2.75) is 32.2 Å². The standard InChI is InChI=1S/C23H23FN6O/c1-2-17-11-22(31)29-23(28-17)16-6-8-21(26-13-16)27-18-4-3-9-30(14-18)20-7-5-15(12-25)10-19(20)24/h5-8,10-11,13,18H,2-4,9,14H2,1H3,(H,26,27)(H,28,29,31). The second-order valence-electron chi connectivity index (χ2n) is 7.58. The van der Waals surface area contributed by atoms with Gasteiger partial charge in [0.15, 0.2) is 0 Å². The van der Waals surface area contributed by atoms with Gasteiger partial charge in [-0.15, -0.1) is 0 Å². The molecule has 1 unspecified atom stereocenters. The summed E-state index contributed by atoms with van der Waals surface area (Å²) in [7, 11) is 0. The molecule has 1 fully saturated rings. The molecule has 1 atom stereocenters. The monoisotopic (exact) mass is 418 g/mol. The molecule has 1 aliphatic heterocycles. The van der Waals surface area contributed by atoms with Gasteiger partial charge in [0, 0.05) is 42.7 Å². The first-order valence-electron chi connectivity index (χ1n) is 10.3. The van der Waals surface area contributed by atoms with Gasteiger partial charge in [0.25, 0.3) is 5.56 Å². The Bertz CT molecular complexity index is 1170. The normalized spacial score (nSPS) is 16.0. The minimum Gasteiger partial charge on any atom is -0.367 e. The minimum atomic E-state index is -0.377. The number of nitrogens with zero attached hydrogens (tertiary/aromatic N) is 4. The fraction of sp³-hybridized carbons (Fsp3) is 0.304. The quantitative estimate of drug-likeness (QED) is 0.658. The number of nitrogens with one attached hydrogen (secondary N) is 2. The number of halogens is 1. The molecule has 0 amide bonds. The first kappa shape index (κ1) is 20.5. The van der Waals surface area contributed by atoms with E-state index in [0.717, 1.165) is 30.6 Å². The summed E-state index contributed by atoms with van der Waals surface area (Å²) in [4.78, 5) is 25.5. The third kappa shape index (κ3) is 4.72. The highest BCUT2D eigenvalue weighted by atomic mass is 19.1. The number of piperidine rings is 1. The Hall–Kier alpha value is -3.73. The van der Waals surface area contributed by atoms with Gasteiger partial charge in [-0.3, -0.25) is 4.79 Å². The molecule has 0 spiro atoms. The van der Waals surface area contributed by atoms with E-state index in [0.29, 0.717) is 35.9 Å². The van der Waals surface area contributed by atoms with Gasteiger partial charge >= 0.3 is 0 Å². The van der Waals surface area contributed by atoms with Crippen LogP contribution in [0.25, 0.3) is 11.4 Å². The van der Waals surface area contributed by atoms with Crippen LogP contribution in [0.4, 0.5) is 15.9 Å². The molecule has 1 saturated heterocycles. The van der Waals surface area contributed by atoms with E-state index >= 15 is 0 Å².